The second-order valence-electron chi connectivity index (χ2n) is 6.28. The Kier molecular flexibility index (Phi) is 6.05. The lowest BCUT2D eigenvalue weighted by Crippen LogP contribution is -2.07. The van der Waals surface area contributed by atoms with Gasteiger partial charge in [0.1, 0.15) is 5.82 Å². The van der Waals surface area contributed by atoms with Crippen molar-refractivity contribution in [1.29, 1.82) is 0 Å². The smallest absolute Gasteiger partial charge is 0.396 e. The summed E-state index contributed by atoms with van der Waals surface area (Å²) in [5.74, 6) is -0.553. The molecule has 1 aromatic heterocycles. The lowest BCUT2D eigenvalue weighted by Gasteiger charge is -2.09. The number of fused-ring (bicyclic) bond motifs is 1. The van der Waals surface area contributed by atoms with Gasteiger partial charge in [0.05, 0.1) is 23.3 Å². The van der Waals surface area contributed by atoms with Crippen LogP contribution in [0.2, 0.25) is 5.02 Å². The third-order valence-electron chi connectivity index (χ3n) is 4.25. The minimum Gasteiger partial charge on any atom is -0.396 e. The minimum absolute atomic E-state index is 0.0364. The third-order valence-corrected chi connectivity index (χ3v) is 4.48. The molecule has 0 aliphatic rings. The van der Waals surface area contributed by atoms with Crippen molar-refractivity contribution in [1.82, 2.24) is 9.78 Å². The Morgan fingerprint density at radius 2 is 1.93 bits per heavy atom. The van der Waals surface area contributed by atoms with Gasteiger partial charge in [0.2, 0.25) is 0 Å². The van der Waals surface area contributed by atoms with Crippen LogP contribution in [0.15, 0.2) is 42.5 Å². The van der Waals surface area contributed by atoms with Gasteiger partial charge >= 0.3 is 6.18 Å². The Balaban J connectivity index is 2.06. The van der Waals surface area contributed by atoms with Gasteiger partial charge in [0, 0.05) is 22.6 Å². The first-order chi connectivity index (χ1) is 13.3. The Morgan fingerprint density at radius 1 is 1.14 bits per heavy atom. The van der Waals surface area contributed by atoms with Gasteiger partial charge in [-0.05, 0) is 49.2 Å². The maximum Gasteiger partial charge on any atom is 0.416 e. The van der Waals surface area contributed by atoms with Crippen LogP contribution < -0.4 is 0 Å². The van der Waals surface area contributed by atoms with E-state index >= 15 is 0 Å². The molecule has 1 N–H and O–H groups in total. The van der Waals surface area contributed by atoms with E-state index in [-0.39, 0.29) is 29.3 Å². The van der Waals surface area contributed by atoms with E-state index in [1.54, 1.807) is 12.2 Å². The average Bonchev–Trinajstić information content (AvgIpc) is 2.97. The molecule has 3 nitrogen and oxygen atoms in total. The third kappa shape index (κ3) is 4.54. The second kappa shape index (κ2) is 8.32. The number of hydrogen-bond acceptors (Lipinski definition) is 2. The summed E-state index contributed by atoms with van der Waals surface area (Å²) >= 11 is 5.76. The number of nitrogens with zero attached hydrogens (tertiary/aromatic N) is 2. The highest BCUT2D eigenvalue weighted by Crippen LogP contribution is 2.33. The molecule has 0 amide bonds. The molecule has 0 spiro atoms. The zero-order chi connectivity index (χ0) is 20.3. The van der Waals surface area contributed by atoms with Gasteiger partial charge in [0.25, 0.3) is 0 Å². The number of unbranched alkanes of at least 4 members (excludes halogenated alkanes) is 1. The number of rotatable bonds is 6. The normalized spacial score (nSPS) is 12.4. The number of hydrogen-bond donors (Lipinski definition) is 1. The number of allylic oxidation sites excluding steroid dienone is 1. The summed E-state index contributed by atoms with van der Waals surface area (Å²) in [6.45, 7) is 0.00953. The molecule has 0 aliphatic carbocycles. The summed E-state index contributed by atoms with van der Waals surface area (Å²) in [6, 6.07) is 7.53. The highest BCUT2D eigenvalue weighted by molar-refractivity contribution is 6.30. The number of benzene rings is 2. The molecule has 0 aliphatic heterocycles. The zero-order valence-corrected chi connectivity index (χ0v) is 15.4. The van der Waals surface area contributed by atoms with Crippen LogP contribution in [0.25, 0.3) is 17.0 Å². The molecule has 0 saturated heterocycles. The molecule has 2 aromatic carbocycles. The topological polar surface area (TPSA) is 38.1 Å². The summed E-state index contributed by atoms with van der Waals surface area (Å²) in [5, 5.41) is 14.0. The fourth-order valence-corrected chi connectivity index (χ4v) is 2.99. The molecular formula is C20H17ClF4N2O. The van der Waals surface area contributed by atoms with E-state index in [4.69, 9.17) is 16.7 Å². The van der Waals surface area contributed by atoms with E-state index in [2.05, 4.69) is 5.10 Å². The van der Waals surface area contributed by atoms with Crippen molar-refractivity contribution >= 4 is 28.6 Å². The molecule has 3 rings (SSSR count). The van der Waals surface area contributed by atoms with Crippen LogP contribution in [0.1, 0.15) is 29.7 Å². The van der Waals surface area contributed by atoms with Crippen molar-refractivity contribution in [3.63, 3.8) is 0 Å². The number of aliphatic hydroxyl groups is 1. The van der Waals surface area contributed by atoms with Crippen molar-refractivity contribution in [2.24, 2.45) is 0 Å². The molecule has 1 heterocycles. The van der Waals surface area contributed by atoms with E-state index in [0.29, 0.717) is 23.9 Å². The number of halogens is 5. The Labute approximate surface area is 163 Å². The average molecular weight is 413 g/mol. The molecular weight excluding hydrogens is 396 g/mol. The Morgan fingerprint density at radius 3 is 2.61 bits per heavy atom. The molecule has 0 radical (unpaired) electrons. The summed E-state index contributed by atoms with van der Waals surface area (Å²) < 4.78 is 54.9. The molecule has 0 fully saturated rings. The van der Waals surface area contributed by atoms with Gasteiger partial charge in [0.15, 0.2) is 0 Å². The highest BCUT2D eigenvalue weighted by Gasteiger charge is 2.31. The Bertz CT molecular complexity index is 1010. The lowest BCUT2D eigenvalue weighted by atomic mass is 10.1. The molecule has 28 heavy (non-hydrogen) atoms. The van der Waals surface area contributed by atoms with Crippen molar-refractivity contribution in [3.05, 3.63) is 70.1 Å². The summed E-state index contributed by atoms with van der Waals surface area (Å²) in [4.78, 5) is 0. The lowest BCUT2D eigenvalue weighted by molar-refractivity contribution is -0.137. The van der Waals surface area contributed by atoms with Crippen molar-refractivity contribution in [2.75, 3.05) is 6.61 Å². The first-order valence-electron chi connectivity index (χ1n) is 8.58. The van der Waals surface area contributed by atoms with Gasteiger partial charge in [-0.1, -0.05) is 23.7 Å². The van der Waals surface area contributed by atoms with E-state index in [9.17, 15) is 17.6 Å². The predicted octanol–water partition coefficient (Wildman–Crippen LogP) is 5.68. The highest BCUT2D eigenvalue weighted by atomic mass is 35.5. The number of aliphatic hydroxyl groups excluding tert-OH is 1. The van der Waals surface area contributed by atoms with Crippen LogP contribution in [-0.4, -0.2) is 21.5 Å². The minimum atomic E-state index is -4.49. The van der Waals surface area contributed by atoms with Crippen LogP contribution in [-0.2, 0) is 12.7 Å². The predicted molar refractivity (Wildman–Crippen MR) is 101 cm³/mol. The largest absolute Gasteiger partial charge is 0.416 e. The maximum atomic E-state index is 14.2. The van der Waals surface area contributed by atoms with Crippen LogP contribution in [0, 0.1) is 5.82 Å². The number of aromatic nitrogens is 2. The van der Waals surface area contributed by atoms with Crippen LogP contribution in [0.5, 0.6) is 0 Å². The quantitative estimate of drug-likeness (QED) is 0.417. The van der Waals surface area contributed by atoms with Crippen LogP contribution in [0.4, 0.5) is 17.6 Å². The summed E-state index contributed by atoms with van der Waals surface area (Å²) in [7, 11) is 0. The van der Waals surface area contributed by atoms with E-state index in [0.717, 1.165) is 18.2 Å². The van der Waals surface area contributed by atoms with Gasteiger partial charge in [-0.15, -0.1) is 0 Å². The monoisotopic (exact) mass is 412 g/mol. The van der Waals surface area contributed by atoms with Gasteiger partial charge in [-0.3, -0.25) is 4.68 Å². The number of alkyl halides is 3. The molecule has 0 unspecified atom stereocenters. The van der Waals surface area contributed by atoms with E-state index < -0.39 is 17.6 Å². The van der Waals surface area contributed by atoms with Crippen molar-refractivity contribution < 1.29 is 22.7 Å². The van der Waals surface area contributed by atoms with Crippen molar-refractivity contribution in [3.8, 4) is 0 Å². The first-order valence-corrected chi connectivity index (χ1v) is 8.96. The van der Waals surface area contributed by atoms with E-state index in [1.807, 2.05) is 0 Å². The zero-order valence-electron chi connectivity index (χ0n) is 14.7. The fraction of sp³-hybridized carbons (Fsp3) is 0.250. The Hall–Kier alpha value is -2.38. The molecule has 148 valence electrons. The second-order valence-corrected chi connectivity index (χ2v) is 6.71. The van der Waals surface area contributed by atoms with E-state index in [1.165, 1.54) is 22.9 Å². The van der Waals surface area contributed by atoms with Gasteiger partial charge in [-0.2, -0.15) is 18.3 Å². The molecule has 3 aromatic rings. The molecule has 0 atom stereocenters. The molecule has 0 saturated carbocycles. The SMILES string of the molecule is OCCCC=Cc1nn(Cc2ccc(Cl)cc2F)c2cc(C(F)(F)F)ccc12. The van der Waals surface area contributed by atoms with Gasteiger partial charge < -0.3 is 5.11 Å². The maximum absolute atomic E-state index is 14.2. The molecule has 8 heteroatoms. The summed E-state index contributed by atoms with van der Waals surface area (Å²) in [6.07, 6.45) is 0.176. The fourth-order valence-electron chi connectivity index (χ4n) is 2.83. The van der Waals surface area contributed by atoms with Crippen LogP contribution >= 0.6 is 11.6 Å². The summed E-state index contributed by atoms with van der Waals surface area (Å²) in [5.41, 5.74) is 0.206. The van der Waals surface area contributed by atoms with Crippen LogP contribution in [0.3, 0.4) is 0 Å². The standard InChI is InChI=1S/C20H17ClF4N2O/c21-15-7-5-13(17(22)11-15)12-27-19-10-14(20(23,24)25)6-8-16(19)18(26-27)4-2-1-3-9-28/h2,4-8,10-11,28H,1,3,9,12H2. The van der Waals surface area contributed by atoms with Gasteiger partial charge in [-0.25, -0.2) is 4.39 Å². The van der Waals surface area contributed by atoms with Crippen molar-refractivity contribution in [2.45, 2.75) is 25.6 Å². The molecule has 0 bridgehead atoms. The first kappa shape index (κ1) is 20.4.